The summed E-state index contributed by atoms with van der Waals surface area (Å²) in [4.78, 5) is 48.1. The molecule has 1 aromatic rings. The lowest BCUT2D eigenvalue weighted by Crippen LogP contribution is -2.39. The molecule has 1 aliphatic heterocycles. The standard InChI is InChI=1S/C18H20N2O5/c1-11(10-16(22)20-9-3-4-15(20)18(24)25)17(23)13-5-7-14(8-6-13)19-12(2)21/h5-8,10,15H,3-4,9H2,1-2H3,(H,19,21)(H,24,25)/b11-10-/t15-/m0/s1. The second-order valence-electron chi connectivity index (χ2n) is 5.94. The van der Waals surface area contributed by atoms with Crippen molar-refractivity contribution >= 4 is 29.3 Å². The van der Waals surface area contributed by atoms with Crippen molar-refractivity contribution in [3.8, 4) is 0 Å². The van der Waals surface area contributed by atoms with Gasteiger partial charge in [0.2, 0.25) is 11.8 Å². The zero-order valence-corrected chi connectivity index (χ0v) is 14.1. The third kappa shape index (κ3) is 4.53. The van der Waals surface area contributed by atoms with Crippen molar-refractivity contribution < 1.29 is 24.3 Å². The monoisotopic (exact) mass is 344 g/mol. The van der Waals surface area contributed by atoms with E-state index in [1.807, 2.05) is 0 Å². The lowest BCUT2D eigenvalue weighted by atomic mass is 10.0. The SMILES string of the molecule is CC(=O)Nc1ccc(C(=O)/C(C)=C\C(=O)N2CCC[C@H]2C(=O)O)cc1. The van der Waals surface area contributed by atoms with Crippen molar-refractivity contribution in [3.05, 3.63) is 41.5 Å². The van der Waals surface area contributed by atoms with Crippen LogP contribution in [0.4, 0.5) is 5.69 Å². The number of carbonyl (C=O) groups excluding carboxylic acids is 3. The fraction of sp³-hybridized carbons (Fsp3) is 0.333. The maximum Gasteiger partial charge on any atom is 0.326 e. The largest absolute Gasteiger partial charge is 0.480 e. The van der Waals surface area contributed by atoms with Crippen LogP contribution in [0.25, 0.3) is 0 Å². The van der Waals surface area contributed by atoms with Crippen molar-refractivity contribution in [2.24, 2.45) is 0 Å². The minimum Gasteiger partial charge on any atom is -0.480 e. The number of hydrogen-bond acceptors (Lipinski definition) is 4. The summed E-state index contributed by atoms with van der Waals surface area (Å²) in [7, 11) is 0. The van der Waals surface area contributed by atoms with Crippen LogP contribution >= 0.6 is 0 Å². The fourth-order valence-electron chi connectivity index (χ4n) is 2.76. The van der Waals surface area contributed by atoms with Crippen molar-refractivity contribution in [1.29, 1.82) is 0 Å². The Bertz CT molecular complexity index is 736. The van der Waals surface area contributed by atoms with E-state index in [0.29, 0.717) is 30.6 Å². The summed E-state index contributed by atoms with van der Waals surface area (Å²) in [6.45, 7) is 3.29. The van der Waals surface area contributed by atoms with E-state index in [1.54, 1.807) is 24.3 Å². The molecule has 0 bridgehead atoms. The highest BCUT2D eigenvalue weighted by Gasteiger charge is 2.33. The second-order valence-corrected chi connectivity index (χ2v) is 5.94. The molecule has 0 aromatic heterocycles. The number of amides is 2. The van der Waals surface area contributed by atoms with Gasteiger partial charge in [-0.25, -0.2) is 4.79 Å². The minimum atomic E-state index is -1.03. The molecule has 0 unspecified atom stereocenters. The molecule has 0 saturated carbocycles. The minimum absolute atomic E-state index is 0.209. The molecule has 2 rings (SSSR count). The van der Waals surface area contributed by atoms with E-state index < -0.39 is 17.9 Å². The highest BCUT2D eigenvalue weighted by molar-refractivity contribution is 6.11. The van der Waals surface area contributed by atoms with Crippen LogP contribution in [-0.2, 0) is 14.4 Å². The molecule has 1 heterocycles. The van der Waals surface area contributed by atoms with Crippen LogP contribution in [0, 0.1) is 0 Å². The van der Waals surface area contributed by atoms with E-state index >= 15 is 0 Å². The molecule has 1 atom stereocenters. The number of nitrogens with zero attached hydrogens (tertiary/aromatic N) is 1. The average molecular weight is 344 g/mol. The Morgan fingerprint density at radius 2 is 1.80 bits per heavy atom. The van der Waals surface area contributed by atoms with Crippen LogP contribution in [-0.4, -0.2) is 46.2 Å². The molecule has 2 amide bonds. The highest BCUT2D eigenvalue weighted by atomic mass is 16.4. The molecular weight excluding hydrogens is 324 g/mol. The van der Waals surface area contributed by atoms with Gasteiger partial charge in [-0.15, -0.1) is 0 Å². The maximum absolute atomic E-state index is 12.4. The van der Waals surface area contributed by atoms with Crippen molar-refractivity contribution in [1.82, 2.24) is 4.90 Å². The lowest BCUT2D eigenvalue weighted by Gasteiger charge is -2.19. The zero-order valence-electron chi connectivity index (χ0n) is 14.1. The summed E-state index contributed by atoms with van der Waals surface area (Å²) >= 11 is 0. The molecule has 1 saturated heterocycles. The number of Topliss-reactive ketones (excluding diaryl/α,β-unsaturated/α-hetero) is 1. The number of aliphatic carboxylic acids is 1. The van der Waals surface area contributed by atoms with E-state index in [1.165, 1.54) is 24.8 Å². The van der Waals surface area contributed by atoms with Crippen LogP contribution in [0.3, 0.4) is 0 Å². The second kappa shape index (κ2) is 7.74. The molecule has 0 radical (unpaired) electrons. The lowest BCUT2D eigenvalue weighted by molar-refractivity contribution is -0.146. The van der Waals surface area contributed by atoms with Gasteiger partial charge in [0.25, 0.3) is 0 Å². The summed E-state index contributed by atoms with van der Waals surface area (Å²) < 4.78 is 0. The number of carbonyl (C=O) groups is 4. The predicted octanol–water partition coefficient (Wildman–Crippen LogP) is 1.85. The first-order valence-electron chi connectivity index (χ1n) is 7.93. The van der Waals surface area contributed by atoms with Gasteiger partial charge in [0.05, 0.1) is 0 Å². The number of carboxylic acids is 1. The summed E-state index contributed by atoms with van der Waals surface area (Å²) in [6.07, 6.45) is 2.24. The van der Waals surface area contributed by atoms with E-state index in [4.69, 9.17) is 5.11 Å². The van der Waals surface area contributed by atoms with Crippen LogP contribution < -0.4 is 5.32 Å². The summed E-state index contributed by atoms with van der Waals surface area (Å²) in [5, 5.41) is 11.7. The molecule has 0 spiro atoms. The maximum atomic E-state index is 12.4. The number of ketones is 1. The van der Waals surface area contributed by atoms with E-state index in [0.717, 1.165) is 0 Å². The normalized spacial score (nSPS) is 17.3. The van der Waals surface area contributed by atoms with Gasteiger partial charge in [-0.2, -0.15) is 0 Å². The molecule has 1 aliphatic rings. The van der Waals surface area contributed by atoms with Crippen molar-refractivity contribution in [2.45, 2.75) is 32.7 Å². The molecule has 7 nitrogen and oxygen atoms in total. The Hall–Kier alpha value is -2.96. The van der Waals surface area contributed by atoms with Crippen LogP contribution in [0.2, 0.25) is 0 Å². The van der Waals surface area contributed by atoms with Gasteiger partial charge in [0.15, 0.2) is 5.78 Å². The molecule has 25 heavy (non-hydrogen) atoms. The Morgan fingerprint density at radius 3 is 2.36 bits per heavy atom. The van der Waals surface area contributed by atoms with Gasteiger partial charge in [-0.05, 0) is 44.0 Å². The Balaban J connectivity index is 2.10. The van der Waals surface area contributed by atoms with Crippen molar-refractivity contribution in [3.63, 3.8) is 0 Å². The summed E-state index contributed by atoms with van der Waals surface area (Å²) in [5.74, 6) is -2.03. The first-order valence-corrected chi connectivity index (χ1v) is 7.93. The highest BCUT2D eigenvalue weighted by Crippen LogP contribution is 2.19. The molecule has 1 fully saturated rings. The van der Waals surface area contributed by atoms with E-state index in [-0.39, 0.29) is 17.3 Å². The zero-order chi connectivity index (χ0) is 18.6. The number of rotatable bonds is 5. The summed E-state index contributed by atoms with van der Waals surface area (Å²) in [5.41, 5.74) is 1.18. The molecule has 2 N–H and O–H groups in total. The van der Waals surface area contributed by atoms with E-state index in [2.05, 4.69) is 5.32 Å². The number of carboxylic acid groups (broad SMARTS) is 1. The van der Waals surface area contributed by atoms with Gasteiger partial charge in [-0.3, -0.25) is 14.4 Å². The molecular formula is C18H20N2O5. The van der Waals surface area contributed by atoms with E-state index in [9.17, 15) is 19.2 Å². The van der Waals surface area contributed by atoms with Crippen LogP contribution in [0.15, 0.2) is 35.9 Å². The number of benzene rings is 1. The number of likely N-dealkylation sites (tertiary alicyclic amines) is 1. The average Bonchev–Trinajstić information content (AvgIpc) is 3.04. The molecule has 0 aliphatic carbocycles. The Morgan fingerprint density at radius 1 is 1.16 bits per heavy atom. The van der Waals surface area contributed by atoms with Gasteiger partial charge < -0.3 is 15.3 Å². The Labute approximate surface area is 145 Å². The molecule has 1 aromatic carbocycles. The topological polar surface area (TPSA) is 104 Å². The van der Waals surface area contributed by atoms with Crippen LogP contribution in [0.1, 0.15) is 37.0 Å². The summed E-state index contributed by atoms with van der Waals surface area (Å²) in [6, 6.07) is 5.50. The van der Waals surface area contributed by atoms with Gasteiger partial charge in [-0.1, -0.05) is 0 Å². The number of anilines is 1. The molecule has 7 heteroatoms. The first kappa shape index (κ1) is 18.4. The first-order chi connectivity index (χ1) is 11.8. The van der Waals surface area contributed by atoms with Gasteiger partial charge in [0.1, 0.15) is 6.04 Å². The number of nitrogens with one attached hydrogen (secondary N) is 1. The number of allylic oxidation sites excluding steroid dienone is 1. The molecule has 132 valence electrons. The predicted molar refractivity (Wildman–Crippen MR) is 91.2 cm³/mol. The number of hydrogen-bond donors (Lipinski definition) is 2. The van der Waals surface area contributed by atoms with Crippen LogP contribution in [0.5, 0.6) is 0 Å². The smallest absolute Gasteiger partial charge is 0.326 e. The third-order valence-corrected chi connectivity index (χ3v) is 3.99. The Kier molecular flexibility index (Phi) is 5.69. The quantitative estimate of drug-likeness (QED) is 0.627. The fourth-order valence-corrected chi connectivity index (χ4v) is 2.76. The van der Waals surface area contributed by atoms with Crippen molar-refractivity contribution in [2.75, 3.05) is 11.9 Å². The van der Waals surface area contributed by atoms with Gasteiger partial charge in [0, 0.05) is 36.4 Å². The van der Waals surface area contributed by atoms with Gasteiger partial charge >= 0.3 is 5.97 Å². The third-order valence-electron chi connectivity index (χ3n) is 3.99.